The summed E-state index contributed by atoms with van der Waals surface area (Å²) in [6, 6.07) is 108. The van der Waals surface area contributed by atoms with Gasteiger partial charge in [-0.25, -0.2) is 0 Å². The van der Waals surface area contributed by atoms with Crippen LogP contribution in [0.15, 0.2) is 291 Å². The lowest BCUT2D eigenvalue weighted by molar-refractivity contribution is 0.660. The molecular weight excluding hydrogens is 941 g/mol. The SMILES string of the molecule is CC1(C)c2ccccc2-c2ccc(-c3ccc(N(c4ccc(-c5ccc(-c6ccccc6)cc5)cc4)c4ccc(-c5ccc6c(c5)C5(c7ccccc7-6)c6ccccc6N(c6ccccc6)c6ccccc65)cc4)cc3)cc21. The van der Waals surface area contributed by atoms with Gasteiger partial charge in [0.05, 0.1) is 16.8 Å². The molecule has 15 rings (SSSR count). The second-order valence-electron chi connectivity index (χ2n) is 21.6. The third-order valence-corrected chi connectivity index (χ3v) is 17.1. The number of anilines is 6. The summed E-state index contributed by atoms with van der Waals surface area (Å²) < 4.78 is 0. The predicted molar refractivity (Wildman–Crippen MR) is 326 cm³/mol. The van der Waals surface area contributed by atoms with Crippen LogP contribution in [0, 0.1) is 0 Å². The van der Waals surface area contributed by atoms with E-state index in [0.717, 1.165) is 22.7 Å². The Hall–Kier alpha value is -9.76. The third kappa shape index (κ3) is 7.03. The van der Waals surface area contributed by atoms with Crippen molar-refractivity contribution in [2.75, 3.05) is 9.80 Å². The van der Waals surface area contributed by atoms with Gasteiger partial charge in [-0.15, -0.1) is 0 Å². The number of rotatable bonds is 8. The van der Waals surface area contributed by atoms with Crippen molar-refractivity contribution in [3.8, 4) is 66.8 Å². The van der Waals surface area contributed by atoms with Crippen LogP contribution in [0.5, 0.6) is 0 Å². The summed E-state index contributed by atoms with van der Waals surface area (Å²) in [6.45, 7) is 4.71. The van der Waals surface area contributed by atoms with Gasteiger partial charge in [0, 0.05) is 28.2 Å². The lowest BCUT2D eigenvalue weighted by Gasteiger charge is -2.45. The fourth-order valence-electron chi connectivity index (χ4n) is 13.4. The van der Waals surface area contributed by atoms with E-state index in [4.69, 9.17) is 0 Å². The highest BCUT2D eigenvalue weighted by molar-refractivity contribution is 5.97. The zero-order valence-electron chi connectivity index (χ0n) is 43.6. The van der Waals surface area contributed by atoms with Crippen molar-refractivity contribution >= 4 is 34.1 Å². The molecule has 12 aromatic rings. The molecule has 78 heavy (non-hydrogen) atoms. The molecule has 0 fully saturated rings. The molecule has 0 radical (unpaired) electrons. The maximum Gasteiger partial charge on any atom is 0.0754 e. The lowest BCUT2D eigenvalue weighted by atomic mass is 9.64. The number of benzene rings is 12. The van der Waals surface area contributed by atoms with Gasteiger partial charge < -0.3 is 9.80 Å². The molecule has 2 aliphatic carbocycles. The molecule has 12 aromatic carbocycles. The van der Waals surface area contributed by atoms with Crippen LogP contribution < -0.4 is 9.80 Å². The zero-order valence-corrected chi connectivity index (χ0v) is 43.6. The molecule has 0 amide bonds. The first kappa shape index (κ1) is 45.6. The van der Waals surface area contributed by atoms with Crippen LogP contribution >= 0.6 is 0 Å². The second-order valence-corrected chi connectivity index (χ2v) is 21.6. The van der Waals surface area contributed by atoms with E-state index >= 15 is 0 Å². The van der Waals surface area contributed by atoms with Crippen molar-refractivity contribution in [3.63, 3.8) is 0 Å². The smallest absolute Gasteiger partial charge is 0.0754 e. The Balaban J connectivity index is 0.816. The average molecular weight is 995 g/mol. The van der Waals surface area contributed by atoms with Gasteiger partial charge in [0.2, 0.25) is 0 Å². The fourth-order valence-corrected chi connectivity index (χ4v) is 13.4. The Kier molecular flexibility index (Phi) is 10.5. The average Bonchev–Trinajstić information content (AvgIpc) is 2.88. The first-order valence-corrected chi connectivity index (χ1v) is 27.2. The van der Waals surface area contributed by atoms with Gasteiger partial charge in [0.1, 0.15) is 0 Å². The highest BCUT2D eigenvalue weighted by Crippen LogP contribution is 2.64. The van der Waals surface area contributed by atoms with Gasteiger partial charge in [0.15, 0.2) is 0 Å². The van der Waals surface area contributed by atoms with Gasteiger partial charge in [-0.1, -0.05) is 232 Å². The molecule has 368 valence electrons. The molecule has 2 heteroatoms. The van der Waals surface area contributed by atoms with Crippen molar-refractivity contribution in [2.24, 2.45) is 0 Å². The Bertz CT molecular complexity index is 4200. The molecule has 0 unspecified atom stereocenters. The second kappa shape index (κ2) is 17.9. The minimum absolute atomic E-state index is 0.0651. The number of nitrogens with zero attached hydrogens (tertiary/aromatic N) is 2. The highest BCUT2D eigenvalue weighted by atomic mass is 15.2. The van der Waals surface area contributed by atoms with Crippen molar-refractivity contribution in [3.05, 3.63) is 325 Å². The third-order valence-electron chi connectivity index (χ3n) is 17.1. The largest absolute Gasteiger partial charge is 0.311 e. The molecule has 0 bridgehead atoms. The van der Waals surface area contributed by atoms with Crippen molar-refractivity contribution in [1.82, 2.24) is 0 Å². The van der Waals surface area contributed by atoms with E-state index in [-0.39, 0.29) is 5.41 Å². The van der Waals surface area contributed by atoms with Gasteiger partial charge >= 0.3 is 0 Å². The summed E-state index contributed by atoms with van der Waals surface area (Å²) in [5.41, 5.74) is 29.1. The number of fused-ring (bicyclic) bond motifs is 12. The van der Waals surface area contributed by atoms with E-state index in [2.05, 4.69) is 315 Å². The molecule has 0 saturated heterocycles. The van der Waals surface area contributed by atoms with Crippen LogP contribution in [-0.2, 0) is 10.8 Å². The molecule has 0 N–H and O–H groups in total. The minimum Gasteiger partial charge on any atom is -0.311 e. The van der Waals surface area contributed by atoms with Crippen LogP contribution in [0.3, 0.4) is 0 Å². The van der Waals surface area contributed by atoms with Crippen molar-refractivity contribution < 1.29 is 0 Å². The molecule has 1 spiro atoms. The Morgan fingerprint density at radius 2 is 0.590 bits per heavy atom. The van der Waals surface area contributed by atoms with Crippen LogP contribution in [0.1, 0.15) is 47.2 Å². The first-order valence-electron chi connectivity index (χ1n) is 27.2. The van der Waals surface area contributed by atoms with Gasteiger partial charge in [0.25, 0.3) is 0 Å². The topological polar surface area (TPSA) is 6.48 Å². The number of para-hydroxylation sites is 3. The highest BCUT2D eigenvalue weighted by Gasteiger charge is 2.51. The first-order chi connectivity index (χ1) is 38.4. The summed E-state index contributed by atoms with van der Waals surface area (Å²) in [7, 11) is 0. The zero-order chi connectivity index (χ0) is 52.0. The Morgan fingerprint density at radius 1 is 0.256 bits per heavy atom. The lowest BCUT2D eigenvalue weighted by Crippen LogP contribution is -2.36. The Morgan fingerprint density at radius 3 is 1.10 bits per heavy atom. The van der Waals surface area contributed by atoms with E-state index in [1.807, 2.05) is 0 Å². The maximum atomic E-state index is 2.48. The molecule has 0 aromatic heterocycles. The molecule has 1 heterocycles. The number of hydrogen-bond donors (Lipinski definition) is 0. The van der Waals surface area contributed by atoms with Crippen molar-refractivity contribution in [1.29, 1.82) is 0 Å². The van der Waals surface area contributed by atoms with Gasteiger partial charge in [-0.05, 0) is 173 Å². The summed E-state index contributed by atoms with van der Waals surface area (Å²) in [5, 5.41) is 0. The molecular formula is C76H54N2. The molecule has 3 aliphatic rings. The minimum atomic E-state index is -0.527. The number of hydrogen-bond acceptors (Lipinski definition) is 2. The maximum absolute atomic E-state index is 2.48. The van der Waals surface area contributed by atoms with Crippen LogP contribution in [0.4, 0.5) is 34.1 Å². The van der Waals surface area contributed by atoms with Gasteiger partial charge in [-0.2, -0.15) is 0 Å². The van der Waals surface area contributed by atoms with Crippen LogP contribution in [0.2, 0.25) is 0 Å². The standard InChI is InChI=1S/C76H54N2/c1-75(2)67-23-11-9-21-63(67)65-47-39-57(49-71(65)75)55-35-43-61(44-36-55)77(60-41-33-54(34-42-60)53-31-29-52(30-32-53)51-17-5-3-6-18-51)62-45-37-56(38-46-62)58-40-48-66-64-22-10-12-24-68(64)76(72(66)50-58)69-25-13-15-27-73(69)78(59-19-7-4-8-20-59)74-28-16-14-26-70(74)76/h3-50H,1-2H3. The fraction of sp³-hybridized carbons (Fsp3) is 0.0526. The molecule has 0 saturated carbocycles. The molecule has 1 aliphatic heterocycles. The summed E-state index contributed by atoms with van der Waals surface area (Å²) in [5.74, 6) is 0. The van der Waals surface area contributed by atoms with E-state index in [0.29, 0.717) is 0 Å². The van der Waals surface area contributed by atoms with Crippen LogP contribution in [0.25, 0.3) is 66.8 Å². The summed E-state index contributed by atoms with van der Waals surface area (Å²) in [4.78, 5) is 4.84. The molecule has 2 nitrogen and oxygen atoms in total. The van der Waals surface area contributed by atoms with E-state index in [1.54, 1.807) is 0 Å². The monoisotopic (exact) mass is 994 g/mol. The van der Waals surface area contributed by atoms with Gasteiger partial charge in [-0.3, -0.25) is 0 Å². The van der Waals surface area contributed by atoms with E-state index in [9.17, 15) is 0 Å². The molecule has 0 atom stereocenters. The summed E-state index contributed by atoms with van der Waals surface area (Å²) >= 11 is 0. The van der Waals surface area contributed by atoms with E-state index in [1.165, 1.54) is 112 Å². The normalized spacial score (nSPS) is 13.7. The Labute approximate surface area is 457 Å². The van der Waals surface area contributed by atoms with E-state index < -0.39 is 5.41 Å². The van der Waals surface area contributed by atoms with Crippen molar-refractivity contribution in [2.45, 2.75) is 24.7 Å². The van der Waals surface area contributed by atoms with Crippen LogP contribution in [-0.4, -0.2) is 0 Å². The quantitative estimate of drug-likeness (QED) is 0.150. The predicted octanol–water partition coefficient (Wildman–Crippen LogP) is 20.3. The summed E-state index contributed by atoms with van der Waals surface area (Å²) in [6.07, 6.45) is 0.